The number of rotatable bonds is 8. The number of ether oxygens (including phenoxy) is 2. The van der Waals surface area contributed by atoms with Crippen molar-refractivity contribution in [1.82, 2.24) is 44.3 Å². The van der Waals surface area contributed by atoms with Crippen molar-refractivity contribution in [2.75, 3.05) is 72.8 Å². The quantitative estimate of drug-likeness (QED) is 0.147. The Labute approximate surface area is 441 Å². The number of hydrogen-bond acceptors (Lipinski definition) is 14. The highest BCUT2D eigenvalue weighted by Gasteiger charge is 2.28. The topological polar surface area (TPSA) is 172 Å². The van der Waals surface area contributed by atoms with Crippen molar-refractivity contribution in [2.24, 2.45) is 0 Å². The Hall–Kier alpha value is -7.76. The number of hydrogen-bond donors (Lipinski definition) is 2. The van der Waals surface area contributed by atoms with Gasteiger partial charge in [0.25, 0.3) is 0 Å². The van der Waals surface area contributed by atoms with E-state index in [1.807, 2.05) is 121 Å². The summed E-state index contributed by atoms with van der Waals surface area (Å²) in [6.45, 7) is 16.6. The Balaban J connectivity index is 0.000000196. The first-order chi connectivity index (χ1) is 35.0. The first-order valence-electron chi connectivity index (χ1n) is 24.0. The molecule has 2 aliphatic heterocycles. The number of carbonyl (C=O) groups excluding carboxylic acids is 2. The van der Waals surface area contributed by atoms with Crippen LogP contribution in [-0.4, -0.2) is 120 Å². The number of nitrogens with zero attached hydrogens (tertiary/aromatic N) is 11. The number of anilines is 6. The van der Waals surface area contributed by atoms with Gasteiger partial charge in [0.2, 0.25) is 0 Å². The normalized spacial score (nSPS) is 13.9. The number of halogens is 2. The summed E-state index contributed by atoms with van der Waals surface area (Å²) in [4.78, 5) is 59.2. The van der Waals surface area contributed by atoms with Gasteiger partial charge in [-0.15, -0.1) is 0 Å². The van der Waals surface area contributed by atoms with Crippen LogP contribution < -0.4 is 20.4 Å². The lowest BCUT2D eigenvalue weighted by molar-refractivity contribution is 0.0230. The molecule has 74 heavy (non-hydrogen) atoms. The van der Waals surface area contributed by atoms with E-state index in [9.17, 15) is 9.59 Å². The number of para-hydroxylation sites is 1. The van der Waals surface area contributed by atoms with Crippen LogP contribution >= 0.6 is 23.2 Å². The molecule has 9 heterocycles. The van der Waals surface area contributed by atoms with E-state index in [2.05, 4.69) is 67.0 Å². The number of aromatic nitrogens is 7. The minimum absolute atomic E-state index is 0. The summed E-state index contributed by atoms with van der Waals surface area (Å²) in [5.74, 6) is 2.64. The third kappa shape index (κ3) is 12.7. The van der Waals surface area contributed by atoms with Gasteiger partial charge >= 0.3 is 12.2 Å². The zero-order valence-corrected chi connectivity index (χ0v) is 43.1. The molecule has 2 saturated heterocycles. The molecule has 19 heteroatoms. The zero-order valence-electron chi connectivity index (χ0n) is 41.6. The highest BCUT2D eigenvalue weighted by Crippen LogP contribution is 2.35. The molecule has 2 amide bonds. The number of piperazine rings is 2. The van der Waals surface area contributed by atoms with Gasteiger partial charge in [0.15, 0.2) is 0 Å². The Bertz CT molecular complexity index is 3200. The highest BCUT2D eigenvalue weighted by atomic mass is 35.5. The molecule has 0 aliphatic carbocycles. The third-order valence-corrected chi connectivity index (χ3v) is 12.6. The summed E-state index contributed by atoms with van der Waals surface area (Å²) in [6, 6.07) is 25.8. The average Bonchev–Trinajstić information content (AvgIpc) is 3.71. The second-order valence-electron chi connectivity index (χ2n) is 19.5. The first kappa shape index (κ1) is 52.6. The van der Waals surface area contributed by atoms with E-state index < -0.39 is 11.2 Å². The fourth-order valence-electron chi connectivity index (χ4n) is 8.48. The second-order valence-corrected chi connectivity index (χ2v) is 20.3. The van der Waals surface area contributed by atoms with E-state index in [0.29, 0.717) is 72.6 Å². The predicted molar refractivity (Wildman–Crippen MR) is 296 cm³/mol. The Morgan fingerprint density at radius 3 is 1.53 bits per heavy atom. The molecule has 2 N–H and O–H groups in total. The van der Waals surface area contributed by atoms with Crippen molar-refractivity contribution in [2.45, 2.75) is 60.2 Å². The molecule has 0 unspecified atom stereocenters. The van der Waals surface area contributed by atoms with E-state index in [0.717, 1.165) is 63.1 Å². The molecular weight excluding hydrogens is 978 g/mol. The second kappa shape index (κ2) is 22.6. The molecule has 8 aromatic rings. The zero-order chi connectivity index (χ0) is 51.3. The largest absolute Gasteiger partial charge is 0.444 e. The number of carbonyl (C=O) groups is 2. The Morgan fingerprint density at radius 1 is 0.500 bits per heavy atom. The molecule has 1 aromatic carbocycles. The molecule has 2 fully saturated rings. The van der Waals surface area contributed by atoms with Gasteiger partial charge in [-0.1, -0.05) is 48.8 Å². The Morgan fingerprint density at radius 2 is 1.01 bits per heavy atom. The third-order valence-electron chi connectivity index (χ3n) is 12.0. The highest BCUT2D eigenvalue weighted by molar-refractivity contribution is 6.36. The molecular formula is C55H61Cl2N13O4. The van der Waals surface area contributed by atoms with Crippen LogP contribution in [0.4, 0.5) is 44.2 Å². The average molecular weight is 1040 g/mol. The van der Waals surface area contributed by atoms with Gasteiger partial charge in [0.05, 0.1) is 51.0 Å². The smallest absolute Gasteiger partial charge is 0.410 e. The van der Waals surface area contributed by atoms with Gasteiger partial charge in [-0.05, 0) is 90.1 Å². The molecule has 0 bridgehead atoms. The van der Waals surface area contributed by atoms with E-state index in [1.165, 1.54) is 0 Å². The van der Waals surface area contributed by atoms with Gasteiger partial charge in [-0.2, -0.15) is 0 Å². The molecule has 17 nitrogen and oxygen atoms in total. The van der Waals surface area contributed by atoms with Gasteiger partial charge in [-0.25, -0.2) is 29.5 Å². The van der Waals surface area contributed by atoms with Crippen molar-refractivity contribution in [3.63, 3.8) is 0 Å². The number of pyridine rings is 6. The fraction of sp³-hybridized carbons (Fsp3) is 0.309. The van der Waals surface area contributed by atoms with E-state index in [1.54, 1.807) is 46.7 Å². The number of benzene rings is 1. The summed E-state index contributed by atoms with van der Waals surface area (Å²) < 4.78 is 13.2. The lowest BCUT2D eigenvalue weighted by Crippen LogP contribution is -2.50. The van der Waals surface area contributed by atoms with Gasteiger partial charge in [0, 0.05) is 123 Å². The monoisotopic (exact) mass is 1040 g/mol. The van der Waals surface area contributed by atoms with E-state index in [4.69, 9.17) is 32.7 Å². The summed E-state index contributed by atoms with van der Waals surface area (Å²) in [7, 11) is 0. The van der Waals surface area contributed by atoms with Crippen LogP contribution in [-0.2, 0) is 9.47 Å². The van der Waals surface area contributed by atoms with Crippen LogP contribution in [0.3, 0.4) is 0 Å². The Kier molecular flexibility index (Phi) is 16.0. The lowest BCUT2D eigenvalue weighted by Gasteiger charge is -2.36. The maximum atomic E-state index is 12.4. The molecule has 10 rings (SSSR count). The van der Waals surface area contributed by atoms with Crippen LogP contribution in [0.15, 0.2) is 128 Å². The fourth-order valence-corrected chi connectivity index (χ4v) is 8.95. The summed E-state index contributed by atoms with van der Waals surface area (Å²) in [5, 5.41) is 9.73. The van der Waals surface area contributed by atoms with Crippen LogP contribution in [0.5, 0.6) is 0 Å². The molecule has 7 aromatic heterocycles. The first-order valence-corrected chi connectivity index (χ1v) is 24.8. The van der Waals surface area contributed by atoms with Crippen molar-refractivity contribution >= 4 is 91.8 Å². The van der Waals surface area contributed by atoms with E-state index in [-0.39, 0.29) is 19.6 Å². The molecule has 384 valence electrons. The van der Waals surface area contributed by atoms with Crippen LogP contribution in [0, 0.1) is 0 Å². The summed E-state index contributed by atoms with van der Waals surface area (Å²) in [6.07, 6.45) is 13.6. The molecule has 0 spiro atoms. The van der Waals surface area contributed by atoms with Gasteiger partial charge < -0.3 is 44.3 Å². The molecule has 2 aliphatic rings. The minimum Gasteiger partial charge on any atom is -0.444 e. The maximum absolute atomic E-state index is 12.4. The van der Waals surface area contributed by atoms with Crippen LogP contribution in [0.1, 0.15) is 49.0 Å². The lowest BCUT2D eigenvalue weighted by atomic mass is 10.1. The standard InChI is InChI=1S/C30H31N7O2.C24H26Cl2N6O2.CH4/c1-30(2,3)39-29(38)36-15-13-35(14-16-36)22-9-10-27(32-18-22)34-28-17-25-24(19-33-28)23-11-12-31-20-26(23)37(25)21-7-5-4-6-8-21;1-24(2,3)34-23(33)32-10-8-31(9-11-32)16-4-5-21(28-13-16)30-22-12-19(25)18(14-29-22)17-6-7-27-15-20(17)26;/h4-12,17-20H,13-16H2,1-3H3,(H,32,33,34);4-7,12-15H,8-11H2,1-3H3,(H,28,29,30);1H4. The molecule has 0 saturated carbocycles. The van der Waals surface area contributed by atoms with E-state index >= 15 is 0 Å². The maximum Gasteiger partial charge on any atom is 0.410 e. The van der Waals surface area contributed by atoms with Crippen molar-refractivity contribution in [3.8, 4) is 16.8 Å². The number of amides is 2. The SMILES string of the molecule is C.CC(C)(C)OC(=O)N1CCN(c2ccc(Nc3cc(Cl)c(-c4ccncc4Cl)cn3)nc2)CC1.CC(C)(C)OC(=O)N1CCN(c2ccc(Nc3cc4c(cn3)c3ccncc3n4-c3ccccc3)nc2)CC1. The predicted octanol–water partition coefficient (Wildman–Crippen LogP) is 12.1. The summed E-state index contributed by atoms with van der Waals surface area (Å²) in [5.41, 5.74) is 5.67. The van der Waals surface area contributed by atoms with Crippen molar-refractivity contribution in [1.29, 1.82) is 0 Å². The summed E-state index contributed by atoms with van der Waals surface area (Å²) >= 11 is 12.7. The van der Waals surface area contributed by atoms with Crippen LogP contribution in [0.25, 0.3) is 38.6 Å². The number of fused-ring (bicyclic) bond motifs is 3. The molecule has 0 atom stereocenters. The van der Waals surface area contributed by atoms with Crippen molar-refractivity contribution < 1.29 is 19.1 Å². The van der Waals surface area contributed by atoms with Gasteiger partial charge in [0.1, 0.15) is 34.5 Å². The van der Waals surface area contributed by atoms with Gasteiger partial charge in [-0.3, -0.25) is 9.97 Å². The molecule has 0 radical (unpaired) electrons. The number of nitrogens with one attached hydrogen (secondary N) is 2. The minimum atomic E-state index is -0.494. The van der Waals surface area contributed by atoms with Crippen LogP contribution in [0.2, 0.25) is 10.0 Å². The van der Waals surface area contributed by atoms with Crippen molar-refractivity contribution in [3.05, 3.63) is 138 Å².